The molecule has 0 aromatic heterocycles. The summed E-state index contributed by atoms with van der Waals surface area (Å²) < 4.78 is 10.4. The van der Waals surface area contributed by atoms with Crippen LogP contribution in [0.5, 0.6) is 0 Å². The van der Waals surface area contributed by atoms with Crippen LogP contribution in [-0.2, 0) is 23.9 Å². The molecular weight excluding hydrogens is 472 g/mol. The number of carboxylic acids is 1. The van der Waals surface area contributed by atoms with Crippen LogP contribution in [0.15, 0.2) is 16.8 Å². The molecule has 1 rings (SSSR count). The lowest BCUT2D eigenvalue weighted by molar-refractivity contribution is -0.156. The van der Waals surface area contributed by atoms with Crippen LogP contribution in [0.1, 0.15) is 78.1 Å². The fourth-order valence-corrected chi connectivity index (χ4v) is 3.96. The minimum atomic E-state index is -1.73. The molecule has 0 saturated heterocycles. The Morgan fingerprint density at radius 2 is 1.67 bits per heavy atom. The van der Waals surface area contributed by atoms with Crippen molar-refractivity contribution < 1.29 is 39.2 Å². The van der Waals surface area contributed by atoms with Crippen molar-refractivity contribution in [3.8, 4) is 0 Å². The van der Waals surface area contributed by atoms with Crippen molar-refractivity contribution in [2.75, 3.05) is 6.61 Å². The summed E-state index contributed by atoms with van der Waals surface area (Å²) >= 11 is 0. The predicted molar refractivity (Wildman–Crippen MR) is 133 cm³/mol. The number of carbonyl (C=O) groups is 3. The lowest BCUT2D eigenvalue weighted by Gasteiger charge is -2.38. The number of carboxylic acid groups (broad SMARTS) is 1. The first-order valence-electron chi connectivity index (χ1n) is 12.6. The van der Waals surface area contributed by atoms with Gasteiger partial charge in [0.05, 0.1) is 12.1 Å². The predicted octanol–water partition coefficient (Wildman–Crippen LogP) is 0.686. The minimum Gasteiger partial charge on any atom is -0.478 e. The smallest absolute Gasteiger partial charge is 0.370 e. The van der Waals surface area contributed by atoms with Gasteiger partial charge in [-0.05, 0) is 12.5 Å². The maximum Gasteiger partial charge on any atom is 0.370 e. The first-order chi connectivity index (χ1) is 17.1. The Hall–Kier alpha value is -2.86. The summed E-state index contributed by atoms with van der Waals surface area (Å²) in [7, 11) is 0. The number of aliphatic hydroxyl groups excluding tert-OH is 2. The van der Waals surface area contributed by atoms with Crippen molar-refractivity contribution >= 4 is 23.8 Å². The highest BCUT2D eigenvalue weighted by atomic mass is 16.6. The van der Waals surface area contributed by atoms with E-state index in [1.807, 2.05) is 0 Å². The van der Waals surface area contributed by atoms with Crippen molar-refractivity contribution in [1.82, 2.24) is 5.32 Å². The molecule has 5 atom stereocenters. The molecule has 8 N–H and O–H groups in total. The summed E-state index contributed by atoms with van der Waals surface area (Å²) in [6, 6.07) is -2.19. The largest absolute Gasteiger partial charge is 0.478 e. The van der Waals surface area contributed by atoms with Crippen LogP contribution >= 0.6 is 0 Å². The van der Waals surface area contributed by atoms with E-state index in [9.17, 15) is 29.7 Å². The Morgan fingerprint density at radius 3 is 2.19 bits per heavy atom. The van der Waals surface area contributed by atoms with Crippen molar-refractivity contribution in [1.29, 1.82) is 0 Å². The number of amides is 1. The molecular formula is C24H42N4O8. The summed E-state index contributed by atoms with van der Waals surface area (Å²) in [5.41, 5.74) is 10.8. The number of hydrogen-bond acceptors (Lipinski definition) is 8. The normalized spacial score (nSPS) is 20.9. The summed E-state index contributed by atoms with van der Waals surface area (Å²) in [5, 5.41) is 33.0. The maximum absolute atomic E-state index is 12.0. The van der Waals surface area contributed by atoms with Gasteiger partial charge in [0, 0.05) is 13.3 Å². The zero-order valence-electron chi connectivity index (χ0n) is 21.2. The van der Waals surface area contributed by atoms with E-state index >= 15 is 0 Å². The van der Waals surface area contributed by atoms with Gasteiger partial charge in [-0.1, -0.05) is 58.3 Å². The number of ether oxygens (including phenoxy) is 2. The van der Waals surface area contributed by atoms with Crippen LogP contribution in [0.2, 0.25) is 0 Å². The van der Waals surface area contributed by atoms with Gasteiger partial charge in [0.25, 0.3) is 0 Å². The average molecular weight is 515 g/mol. The fourth-order valence-electron chi connectivity index (χ4n) is 3.96. The number of nitrogens with two attached hydrogens (primary N) is 2. The lowest BCUT2D eigenvalue weighted by atomic mass is 9.92. The molecule has 1 heterocycles. The van der Waals surface area contributed by atoms with Crippen molar-refractivity contribution in [2.45, 2.75) is 108 Å². The maximum atomic E-state index is 12.0. The fraction of sp³-hybridized carbons (Fsp3) is 0.750. The number of guanidine groups is 1. The second-order valence-electron chi connectivity index (χ2n) is 9.01. The number of carbonyl (C=O) groups excluding carboxylic acids is 2. The number of aliphatic imine (C=N–C) groups is 1. The molecule has 0 fully saturated rings. The number of nitrogens with zero attached hydrogens (tertiary/aromatic N) is 1. The third kappa shape index (κ3) is 11.7. The van der Waals surface area contributed by atoms with Crippen LogP contribution < -0.4 is 16.8 Å². The molecule has 1 aliphatic heterocycles. The van der Waals surface area contributed by atoms with Gasteiger partial charge in [-0.3, -0.25) is 9.59 Å². The molecule has 0 bridgehead atoms. The van der Waals surface area contributed by atoms with Gasteiger partial charge in [-0.25, -0.2) is 9.79 Å². The zero-order chi connectivity index (χ0) is 27.1. The molecule has 1 amide bonds. The number of unbranched alkanes of at least 4 members (excludes halogenated alkanes) is 8. The van der Waals surface area contributed by atoms with Gasteiger partial charge >= 0.3 is 11.9 Å². The van der Waals surface area contributed by atoms with Crippen LogP contribution in [0.25, 0.3) is 0 Å². The van der Waals surface area contributed by atoms with Gasteiger partial charge in [0.15, 0.2) is 5.96 Å². The van der Waals surface area contributed by atoms with Crippen LogP contribution in [-0.4, -0.2) is 76.1 Å². The quantitative estimate of drug-likeness (QED) is 0.0692. The van der Waals surface area contributed by atoms with Gasteiger partial charge in [0.1, 0.15) is 24.9 Å². The van der Waals surface area contributed by atoms with Gasteiger partial charge in [-0.2, -0.15) is 0 Å². The van der Waals surface area contributed by atoms with Crippen LogP contribution in [0.3, 0.4) is 0 Å². The number of rotatable bonds is 17. The Labute approximate surface area is 212 Å². The summed E-state index contributed by atoms with van der Waals surface area (Å²) in [6.45, 7) is 2.85. The Balaban J connectivity index is 2.61. The van der Waals surface area contributed by atoms with Gasteiger partial charge < -0.3 is 41.6 Å². The number of aliphatic hydroxyl groups is 2. The van der Waals surface area contributed by atoms with Crippen molar-refractivity contribution in [3.05, 3.63) is 11.8 Å². The molecule has 0 aliphatic carbocycles. The van der Waals surface area contributed by atoms with Gasteiger partial charge in [-0.15, -0.1) is 0 Å². The SMILES string of the molecule is CCCCCCCCCCCC(=O)OC[C@@H](O)C(O)C1OC(C(=O)O)=C[C@H](N=C(N)N)C1NC(C)=O. The van der Waals surface area contributed by atoms with E-state index < -0.39 is 60.6 Å². The Morgan fingerprint density at radius 1 is 1.08 bits per heavy atom. The van der Waals surface area contributed by atoms with Crippen molar-refractivity contribution in [2.24, 2.45) is 16.5 Å². The zero-order valence-corrected chi connectivity index (χ0v) is 21.2. The number of esters is 1. The number of hydrogen-bond donors (Lipinski definition) is 6. The third-order valence-electron chi connectivity index (χ3n) is 5.82. The molecule has 0 radical (unpaired) electrons. The standard InChI is InChI=1S/C24H42N4O8/c1-3-4-5-6-7-8-9-10-11-12-19(31)35-14-17(30)21(32)22-20(27-15(2)29)16(28-24(25)26)13-18(36-22)23(33)34/h13,16-17,20-22,30,32H,3-12,14H2,1-2H3,(H,27,29)(H,33,34)(H4,25,26,28)/t16-,17+,20?,21?,22?/m0/s1. The van der Waals surface area contributed by atoms with E-state index in [0.717, 1.165) is 25.3 Å². The number of nitrogens with one attached hydrogen (secondary N) is 1. The van der Waals surface area contributed by atoms with E-state index in [4.69, 9.17) is 20.9 Å². The molecule has 206 valence electrons. The topological polar surface area (TPSA) is 207 Å². The third-order valence-corrected chi connectivity index (χ3v) is 5.82. The summed E-state index contributed by atoms with van der Waals surface area (Å²) in [5.74, 6) is -3.43. The molecule has 0 saturated carbocycles. The molecule has 3 unspecified atom stereocenters. The molecule has 0 spiro atoms. The van der Waals surface area contributed by atoms with Crippen molar-refractivity contribution in [3.63, 3.8) is 0 Å². The summed E-state index contributed by atoms with van der Waals surface area (Å²) in [4.78, 5) is 39.1. The minimum absolute atomic E-state index is 0.186. The second-order valence-corrected chi connectivity index (χ2v) is 9.01. The average Bonchev–Trinajstić information content (AvgIpc) is 2.81. The Bertz CT molecular complexity index is 769. The highest BCUT2D eigenvalue weighted by Gasteiger charge is 2.44. The van der Waals surface area contributed by atoms with E-state index in [0.29, 0.717) is 6.42 Å². The van der Waals surface area contributed by atoms with Crippen LogP contribution in [0, 0.1) is 0 Å². The first kappa shape index (κ1) is 31.2. The second kappa shape index (κ2) is 16.7. The molecule has 0 aromatic rings. The van der Waals surface area contributed by atoms with E-state index in [1.54, 1.807) is 0 Å². The molecule has 0 aromatic carbocycles. The molecule has 1 aliphatic rings. The highest BCUT2D eigenvalue weighted by Crippen LogP contribution is 2.25. The van der Waals surface area contributed by atoms with Gasteiger partial charge in [0.2, 0.25) is 11.7 Å². The molecule has 12 nitrogen and oxygen atoms in total. The lowest BCUT2D eigenvalue weighted by Crippen LogP contribution is -2.60. The molecule has 36 heavy (non-hydrogen) atoms. The first-order valence-corrected chi connectivity index (χ1v) is 12.6. The number of aliphatic carboxylic acids is 1. The van der Waals surface area contributed by atoms with E-state index in [-0.39, 0.29) is 12.4 Å². The summed E-state index contributed by atoms with van der Waals surface area (Å²) in [6.07, 6.45) is 6.39. The van der Waals surface area contributed by atoms with E-state index in [2.05, 4.69) is 17.2 Å². The monoisotopic (exact) mass is 514 g/mol. The van der Waals surface area contributed by atoms with E-state index in [1.165, 1.54) is 39.0 Å². The highest BCUT2D eigenvalue weighted by molar-refractivity contribution is 5.85. The van der Waals surface area contributed by atoms with Crippen LogP contribution in [0.4, 0.5) is 0 Å². The Kier molecular flexibility index (Phi) is 14.5. The molecule has 12 heteroatoms.